The van der Waals surface area contributed by atoms with Crippen molar-refractivity contribution in [2.75, 3.05) is 7.11 Å². The predicted octanol–water partition coefficient (Wildman–Crippen LogP) is 3.95. The number of halogens is 1. The molecule has 0 radical (unpaired) electrons. The smallest absolute Gasteiger partial charge is 0.168 e. The number of hydrogen-bond donors (Lipinski definition) is 1. The molecule has 0 amide bonds. The largest absolute Gasteiger partial charge is 0.494 e. The van der Waals surface area contributed by atoms with Crippen LogP contribution in [-0.4, -0.2) is 18.3 Å². The molecule has 108 valence electrons. The van der Waals surface area contributed by atoms with Crippen LogP contribution >= 0.6 is 0 Å². The van der Waals surface area contributed by atoms with Gasteiger partial charge in [0.05, 0.1) is 13.2 Å². The second-order valence-corrected chi connectivity index (χ2v) is 5.02. The Morgan fingerprint density at radius 1 is 1.32 bits per heavy atom. The van der Waals surface area contributed by atoms with Crippen LogP contribution in [0.2, 0.25) is 0 Å². The Kier molecular flexibility index (Phi) is 6.85. The van der Waals surface area contributed by atoms with Gasteiger partial charge in [0, 0.05) is 6.42 Å². The standard InChI is InChI=1S/C16H25FO2/c1-4-6-8-12(5-2)14(18)11-13-9-7-10-15(19-3)16(13)17/h7,9-10,12,14,18H,4-6,8,11H2,1-3H3. The van der Waals surface area contributed by atoms with Crippen molar-refractivity contribution < 1.29 is 14.2 Å². The number of methoxy groups -OCH3 is 1. The third-order valence-corrected chi connectivity index (χ3v) is 3.69. The third kappa shape index (κ3) is 4.50. The van der Waals surface area contributed by atoms with E-state index >= 15 is 0 Å². The lowest BCUT2D eigenvalue weighted by atomic mass is 9.89. The van der Waals surface area contributed by atoms with Crippen molar-refractivity contribution in [3.05, 3.63) is 29.6 Å². The van der Waals surface area contributed by atoms with Crippen LogP contribution in [0.1, 0.15) is 45.1 Å². The Hall–Kier alpha value is -1.09. The lowest BCUT2D eigenvalue weighted by molar-refractivity contribution is 0.0977. The Labute approximate surface area is 115 Å². The molecule has 3 heteroatoms. The van der Waals surface area contributed by atoms with Crippen molar-refractivity contribution in [1.82, 2.24) is 0 Å². The van der Waals surface area contributed by atoms with Crippen LogP contribution in [0.25, 0.3) is 0 Å². The summed E-state index contributed by atoms with van der Waals surface area (Å²) in [6.07, 6.45) is 4.02. The van der Waals surface area contributed by atoms with Crippen LogP contribution in [0, 0.1) is 11.7 Å². The summed E-state index contributed by atoms with van der Waals surface area (Å²) in [5.74, 6) is 0.131. The molecule has 2 nitrogen and oxygen atoms in total. The highest BCUT2D eigenvalue weighted by molar-refractivity contribution is 5.31. The van der Waals surface area contributed by atoms with Crippen LogP contribution in [0.4, 0.5) is 4.39 Å². The van der Waals surface area contributed by atoms with E-state index in [4.69, 9.17) is 4.74 Å². The van der Waals surface area contributed by atoms with Crippen molar-refractivity contribution in [3.63, 3.8) is 0 Å². The zero-order valence-electron chi connectivity index (χ0n) is 12.2. The second-order valence-electron chi connectivity index (χ2n) is 5.02. The zero-order chi connectivity index (χ0) is 14.3. The van der Waals surface area contributed by atoms with Gasteiger partial charge in [-0.25, -0.2) is 4.39 Å². The number of unbranched alkanes of at least 4 members (excludes halogenated alkanes) is 1. The first-order valence-corrected chi connectivity index (χ1v) is 7.13. The molecular formula is C16H25FO2. The molecular weight excluding hydrogens is 243 g/mol. The SMILES string of the molecule is CCCCC(CC)C(O)Cc1cccc(OC)c1F. The van der Waals surface area contributed by atoms with Gasteiger partial charge in [0.15, 0.2) is 11.6 Å². The molecule has 0 spiro atoms. The first-order chi connectivity index (χ1) is 9.13. The fourth-order valence-electron chi connectivity index (χ4n) is 2.40. The number of aliphatic hydroxyl groups excluding tert-OH is 1. The number of aliphatic hydroxyl groups is 1. The summed E-state index contributed by atoms with van der Waals surface area (Å²) in [6, 6.07) is 5.07. The maximum absolute atomic E-state index is 14.0. The van der Waals surface area contributed by atoms with Crippen LogP contribution in [-0.2, 0) is 6.42 Å². The Balaban J connectivity index is 2.72. The molecule has 0 bridgehead atoms. The molecule has 0 aliphatic rings. The van der Waals surface area contributed by atoms with E-state index in [2.05, 4.69) is 13.8 Å². The van der Waals surface area contributed by atoms with E-state index in [9.17, 15) is 9.50 Å². The van der Waals surface area contributed by atoms with E-state index in [1.165, 1.54) is 7.11 Å². The first kappa shape index (κ1) is 16.0. The number of hydrogen-bond acceptors (Lipinski definition) is 2. The lowest BCUT2D eigenvalue weighted by Crippen LogP contribution is -2.23. The Morgan fingerprint density at radius 3 is 2.63 bits per heavy atom. The Bertz CT molecular complexity index is 379. The molecule has 0 saturated carbocycles. The van der Waals surface area contributed by atoms with Crippen LogP contribution in [0.5, 0.6) is 5.75 Å². The molecule has 0 saturated heterocycles. The van der Waals surface area contributed by atoms with Gasteiger partial charge in [-0.3, -0.25) is 0 Å². The topological polar surface area (TPSA) is 29.5 Å². The minimum atomic E-state index is -0.488. The summed E-state index contributed by atoms with van der Waals surface area (Å²) < 4.78 is 19.0. The summed E-state index contributed by atoms with van der Waals surface area (Å²) in [4.78, 5) is 0. The van der Waals surface area contributed by atoms with E-state index < -0.39 is 6.10 Å². The van der Waals surface area contributed by atoms with Crippen molar-refractivity contribution in [2.45, 2.75) is 52.1 Å². The Morgan fingerprint density at radius 2 is 2.05 bits per heavy atom. The highest BCUT2D eigenvalue weighted by Crippen LogP contribution is 2.25. The first-order valence-electron chi connectivity index (χ1n) is 7.13. The summed E-state index contributed by atoms with van der Waals surface area (Å²) in [5.41, 5.74) is 0.529. The molecule has 1 aromatic rings. The van der Waals surface area contributed by atoms with Gasteiger partial charge < -0.3 is 9.84 Å². The summed E-state index contributed by atoms with van der Waals surface area (Å²) in [5, 5.41) is 10.3. The van der Waals surface area contributed by atoms with Crippen molar-refractivity contribution in [1.29, 1.82) is 0 Å². The van der Waals surface area contributed by atoms with Gasteiger partial charge in [-0.2, -0.15) is 0 Å². The average Bonchev–Trinajstić information content (AvgIpc) is 2.42. The molecule has 0 aliphatic heterocycles. The van der Waals surface area contributed by atoms with Gasteiger partial charge in [-0.05, 0) is 24.0 Å². The molecule has 1 aromatic carbocycles. The zero-order valence-corrected chi connectivity index (χ0v) is 12.2. The molecule has 19 heavy (non-hydrogen) atoms. The maximum Gasteiger partial charge on any atom is 0.168 e. The fourth-order valence-corrected chi connectivity index (χ4v) is 2.40. The number of ether oxygens (including phenoxy) is 1. The van der Waals surface area contributed by atoms with Gasteiger partial charge in [-0.1, -0.05) is 45.2 Å². The monoisotopic (exact) mass is 268 g/mol. The number of benzene rings is 1. The van der Waals surface area contributed by atoms with Crippen LogP contribution < -0.4 is 4.74 Å². The minimum Gasteiger partial charge on any atom is -0.494 e. The van der Waals surface area contributed by atoms with E-state index in [0.29, 0.717) is 12.0 Å². The maximum atomic E-state index is 14.0. The molecule has 0 aliphatic carbocycles. The lowest BCUT2D eigenvalue weighted by Gasteiger charge is -2.22. The third-order valence-electron chi connectivity index (χ3n) is 3.69. The quantitative estimate of drug-likeness (QED) is 0.773. The average molecular weight is 268 g/mol. The van der Waals surface area contributed by atoms with Gasteiger partial charge in [0.25, 0.3) is 0 Å². The summed E-state index contributed by atoms with van der Waals surface area (Å²) in [7, 11) is 1.45. The van der Waals surface area contributed by atoms with E-state index in [1.807, 2.05) is 0 Å². The molecule has 1 N–H and O–H groups in total. The molecule has 0 aromatic heterocycles. The highest BCUT2D eigenvalue weighted by atomic mass is 19.1. The van der Waals surface area contributed by atoms with Gasteiger partial charge in [0.2, 0.25) is 0 Å². The van der Waals surface area contributed by atoms with Gasteiger partial charge in [-0.15, -0.1) is 0 Å². The molecule has 2 atom stereocenters. The van der Waals surface area contributed by atoms with Crippen molar-refractivity contribution in [3.8, 4) is 5.75 Å². The normalized spacial score (nSPS) is 14.2. The fraction of sp³-hybridized carbons (Fsp3) is 0.625. The second kappa shape index (κ2) is 8.16. The van der Waals surface area contributed by atoms with Crippen LogP contribution in [0.15, 0.2) is 18.2 Å². The molecule has 0 fully saturated rings. The van der Waals surface area contributed by atoms with Crippen molar-refractivity contribution in [2.24, 2.45) is 5.92 Å². The highest BCUT2D eigenvalue weighted by Gasteiger charge is 2.19. The molecule has 1 rings (SSSR count). The predicted molar refractivity (Wildman–Crippen MR) is 76.0 cm³/mol. The van der Waals surface area contributed by atoms with E-state index in [1.54, 1.807) is 18.2 Å². The van der Waals surface area contributed by atoms with Crippen LogP contribution in [0.3, 0.4) is 0 Å². The molecule has 0 heterocycles. The number of rotatable bonds is 8. The summed E-state index contributed by atoms with van der Waals surface area (Å²) in [6.45, 7) is 4.21. The van der Waals surface area contributed by atoms with Gasteiger partial charge in [0.1, 0.15) is 0 Å². The van der Waals surface area contributed by atoms with E-state index in [0.717, 1.165) is 25.7 Å². The van der Waals surface area contributed by atoms with Crippen molar-refractivity contribution >= 4 is 0 Å². The summed E-state index contributed by atoms with van der Waals surface area (Å²) >= 11 is 0. The minimum absolute atomic E-state index is 0.241. The van der Waals surface area contributed by atoms with E-state index in [-0.39, 0.29) is 17.5 Å². The molecule has 2 unspecified atom stereocenters. The van der Waals surface area contributed by atoms with Gasteiger partial charge >= 0.3 is 0 Å².